The van der Waals surface area contributed by atoms with Gasteiger partial charge in [-0.1, -0.05) is 50.8 Å². The first-order chi connectivity index (χ1) is 16.1. The van der Waals surface area contributed by atoms with Crippen molar-refractivity contribution in [2.45, 2.75) is 85.0 Å². The second kappa shape index (κ2) is 12.6. The first-order valence-electron chi connectivity index (χ1n) is 12.0. The van der Waals surface area contributed by atoms with Gasteiger partial charge in [-0.15, -0.1) is 6.58 Å². The van der Waals surface area contributed by atoms with E-state index in [1.165, 1.54) is 4.90 Å². The number of carbonyl (C=O) groups excluding carboxylic acids is 3. The van der Waals surface area contributed by atoms with E-state index in [4.69, 9.17) is 4.74 Å². The fourth-order valence-electron chi connectivity index (χ4n) is 3.57. The van der Waals surface area contributed by atoms with Gasteiger partial charge in [0.1, 0.15) is 17.7 Å². The van der Waals surface area contributed by atoms with Gasteiger partial charge in [-0.25, -0.2) is 4.79 Å². The summed E-state index contributed by atoms with van der Waals surface area (Å²) in [5, 5.41) is 5.72. The second-order valence-electron chi connectivity index (χ2n) is 11.1. The van der Waals surface area contributed by atoms with Gasteiger partial charge in [0, 0.05) is 12.1 Å². The number of hydrogen-bond donors (Lipinski definition) is 2. The molecule has 194 valence electrons. The van der Waals surface area contributed by atoms with Crippen molar-refractivity contribution in [2.24, 2.45) is 5.92 Å². The van der Waals surface area contributed by atoms with E-state index in [1.54, 1.807) is 32.9 Å². The van der Waals surface area contributed by atoms with E-state index >= 15 is 0 Å². The predicted molar refractivity (Wildman–Crippen MR) is 142 cm³/mol. The lowest BCUT2D eigenvalue weighted by atomic mass is 9.97. The molecule has 0 aromatic heterocycles. The Morgan fingerprint density at radius 2 is 1.71 bits per heavy atom. The van der Waals surface area contributed by atoms with Crippen molar-refractivity contribution in [3.8, 4) is 0 Å². The van der Waals surface area contributed by atoms with Crippen molar-refractivity contribution >= 4 is 24.0 Å². The van der Waals surface area contributed by atoms with E-state index < -0.39 is 29.3 Å². The summed E-state index contributed by atoms with van der Waals surface area (Å²) in [4.78, 5) is 41.5. The molecule has 0 radical (unpaired) electrons. The molecule has 7 nitrogen and oxygen atoms in total. The third kappa shape index (κ3) is 10.4. The normalized spacial score (nSPS) is 13.4. The number of nitrogens with zero attached hydrogens (tertiary/aromatic N) is 1. The summed E-state index contributed by atoms with van der Waals surface area (Å²) in [6.07, 6.45) is 2.96. The lowest BCUT2D eigenvalue weighted by Crippen LogP contribution is -2.55. The summed E-state index contributed by atoms with van der Waals surface area (Å²) in [5.41, 5.74) is 0.240. The predicted octanol–water partition coefficient (Wildman–Crippen LogP) is 5.24. The maximum atomic E-state index is 13.9. The Morgan fingerprint density at radius 3 is 2.20 bits per heavy atom. The molecule has 2 N–H and O–H groups in total. The molecule has 7 heteroatoms. The molecule has 2 unspecified atom stereocenters. The fraction of sp³-hybridized carbons (Fsp3) is 0.536. The van der Waals surface area contributed by atoms with Gasteiger partial charge in [-0.05, 0) is 71.1 Å². The van der Waals surface area contributed by atoms with Crippen LogP contribution in [0.25, 0.3) is 6.08 Å². The van der Waals surface area contributed by atoms with Crippen LogP contribution >= 0.6 is 0 Å². The first-order valence-corrected chi connectivity index (χ1v) is 12.0. The molecule has 0 aliphatic carbocycles. The van der Waals surface area contributed by atoms with Crippen LogP contribution in [0.3, 0.4) is 0 Å². The fourth-order valence-corrected chi connectivity index (χ4v) is 3.57. The van der Waals surface area contributed by atoms with Crippen molar-refractivity contribution in [3.63, 3.8) is 0 Å². The minimum Gasteiger partial charge on any atom is -0.444 e. The molecule has 0 heterocycles. The molecule has 1 aromatic carbocycles. The zero-order chi connectivity index (χ0) is 27.0. The molecular weight excluding hydrogens is 442 g/mol. The Hall–Kier alpha value is -3.09. The lowest BCUT2D eigenvalue weighted by molar-refractivity contribution is -0.142. The van der Waals surface area contributed by atoms with Crippen LogP contribution in [0.15, 0.2) is 43.5 Å². The third-order valence-electron chi connectivity index (χ3n) is 4.83. The average molecular weight is 486 g/mol. The topological polar surface area (TPSA) is 87.7 Å². The first kappa shape index (κ1) is 29.9. The van der Waals surface area contributed by atoms with Crippen molar-refractivity contribution < 1.29 is 19.1 Å². The van der Waals surface area contributed by atoms with Gasteiger partial charge in [0.15, 0.2) is 0 Å². The van der Waals surface area contributed by atoms with E-state index in [-0.39, 0.29) is 24.3 Å². The maximum Gasteiger partial charge on any atom is 0.408 e. The summed E-state index contributed by atoms with van der Waals surface area (Å²) >= 11 is 0. The smallest absolute Gasteiger partial charge is 0.408 e. The lowest BCUT2D eigenvalue weighted by Gasteiger charge is -2.36. The number of benzene rings is 1. The van der Waals surface area contributed by atoms with Gasteiger partial charge in [-0.2, -0.15) is 0 Å². The van der Waals surface area contributed by atoms with Gasteiger partial charge in [0.2, 0.25) is 11.8 Å². The Kier molecular flexibility index (Phi) is 10.7. The van der Waals surface area contributed by atoms with Crippen LogP contribution in [0, 0.1) is 5.92 Å². The number of amides is 3. The molecule has 2 atom stereocenters. The number of carbonyl (C=O) groups is 3. The molecule has 0 aliphatic rings. The van der Waals surface area contributed by atoms with Crippen molar-refractivity contribution in [1.29, 1.82) is 0 Å². The van der Waals surface area contributed by atoms with Gasteiger partial charge in [0.05, 0.1) is 0 Å². The number of ether oxygens (including phenoxy) is 1. The van der Waals surface area contributed by atoms with Crippen LogP contribution < -0.4 is 10.6 Å². The van der Waals surface area contributed by atoms with E-state index in [0.29, 0.717) is 12.0 Å². The molecule has 35 heavy (non-hydrogen) atoms. The maximum absolute atomic E-state index is 13.9. The monoisotopic (exact) mass is 485 g/mol. The Morgan fingerprint density at radius 1 is 1.09 bits per heavy atom. The standard InChI is InChI=1S/C28H43N3O4/c1-11-16-31(25(33)22(17-19(3)4)29-26(34)35-28(8,9)10)23(24(32)30-27(5,6)7)21-15-13-14-20(12-2)18-21/h11-15,18-19,22-23H,1-2,16-17H2,3-10H3,(H,29,34)(H,30,32). The summed E-state index contributed by atoms with van der Waals surface area (Å²) in [6, 6.07) is 5.53. The van der Waals surface area contributed by atoms with E-state index in [0.717, 1.165) is 5.56 Å². The molecule has 0 spiro atoms. The second-order valence-corrected chi connectivity index (χ2v) is 11.1. The zero-order valence-electron chi connectivity index (χ0n) is 22.6. The molecular formula is C28H43N3O4. The molecule has 3 amide bonds. The number of rotatable bonds is 10. The number of nitrogens with one attached hydrogen (secondary N) is 2. The van der Waals surface area contributed by atoms with E-state index in [2.05, 4.69) is 23.8 Å². The quantitative estimate of drug-likeness (QED) is 0.444. The van der Waals surface area contributed by atoms with Crippen LogP contribution in [0.4, 0.5) is 4.79 Å². The SMILES string of the molecule is C=CCN(C(=O)C(CC(C)C)NC(=O)OC(C)(C)C)C(C(=O)NC(C)(C)C)c1cccc(C=C)c1. The van der Waals surface area contributed by atoms with Crippen LogP contribution in [0.5, 0.6) is 0 Å². The summed E-state index contributed by atoms with van der Waals surface area (Å²) in [6.45, 7) is 22.6. The van der Waals surface area contributed by atoms with Crippen LogP contribution in [-0.4, -0.2) is 46.5 Å². The summed E-state index contributed by atoms with van der Waals surface area (Å²) in [5.74, 6) is -0.604. The van der Waals surface area contributed by atoms with Gasteiger partial charge < -0.3 is 20.3 Å². The summed E-state index contributed by atoms with van der Waals surface area (Å²) < 4.78 is 5.40. The molecule has 0 bridgehead atoms. The molecule has 0 aliphatic heterocycles. The Balaban J connectivity index is 3.52. The van der Waals surface area contributed by atoms with Gasteiger partial charge >= 0.3 is 6.09 Å². The van der Waals surface area contributed by atoms with Gasteiger partial charge in [-0.3, -0.25) is 9.59 Å². The Bertz CT molecular complexity index is 910. The summed E-state index contributed by atoms with van der Waals surface area (Å²) in [7, 11) is 0. The molecule has 0 saturated heterocycles. The molecule has 0 fully saturated rings. The highest BCUT2D eigenvalue weighted by Gasteiger charge is 2.37. The minimum atomic E-state index is -0.935. The largest absolute Gasteiger partial charge is 0.444 e. The van der Waals surface area contributed by atoms with Crippen LogP contribution in [0.2, 0.25) is 0 Å². The molecule has 1 aromatic rings. The van der Waals surface area contributed by atoms with Crippen LogP contribution in [-0.2, 0) is 14.3 Å². The highest BCUT2D eigenvalue weighted by atomic mass is 16.6. The van der Waals surface area contributed by atoms with Crippen molar-refractivity contribution in [3.05, 3.63) is 54.6 Å². The van der Waals surface area contributed by atoms with Crippen molar-refractivity contribution in [2.75, 3.05) is 6.54 Å². The van der Waals surface area contributed by atoms with E-state index in [1.807, 2.05) is 58.9 Å². The Labute approximate surface area is 211 Å². The van der Waals surface area contributed by atoms with Crippen LogP contribution in [0.1, 0.15) is 79.0 Å². The molecule has 0 saturated carbocycles. The van der Waals surface area contributed by atoms with E-state index in [9.17, 15) is 14.4 Å². The number of alkyl carbamates (subject to hydrolysis) is 1. The highest BCUT2D eigenvalue weighted by Crippen LogP contribution is 2.26. The van der Waals surface area contributed by atoms with Gasteiger partial charge in [0.25, 0.3) is 0 Å². The minimum absolute atomic E-state index is 0.107. The number of hydrogen-bond acceptors (Lipinski definition) is 4. The third-order valence-corrected chi connectivity index (χ3v) is 4.83. The average Bonchev–Trinajstić information content (AvgIpc) is 2.69. The highest BCUT2D eigenvalue weighted by molar-refractivity contribution is 5.92. The van der Waals surface area contributed by atoms with Crippen molar-refractivity contribution in [1.82, 2.24) is 15.5 Å². The zero-order valence-corrected chi connectivity index (χ0v) is 22.6. The molecule has 1 rings (SSSR count).